The summed E-state index contributed by atoms with van der Waals surface area (Å²) in [5.74, 6) is 0.143. The van der Waals surface area contributed by atoms with Gasteiger partial charge in [0.2, 0.25) is 5.16 Å². The number of nitrogens with zero attached hydrogens (tertiary/aromatic N) is 6. The number of benzene rings is 2. The van der Waals surface area contributed by atoms with E-state index in [0.717, 1.165) is 16.6 Å². The minimum Gasteiger partial charge on any atom is -0.465 e. The smallest absolute Gasteiger partial charge is 0.407 e. The Morgan fingerprint density at radius 1 is 1.24 bits per heavy atom. The van der Waals surface area contributed by atoms with E-state index in [-0.39, 0.29) is 23.1 Å². The van der Waals surface area contributed by atoms with Gasteiger partial charge in [0.15, 0.2) is 0 Å². The Kier molecular flexibility index (Phi) is 6.88. The normalized spacial score (nSPS) is 18.4. The van der Waals surface area contributed by atoms with Gasteiger partial charge in [-0.3, -0.25) is 4.21 Å². The van der Waals surface area contributed by atoms with Crippen LogP contribution in [0.15, 0.2) is 35.5 Å². The molecule has 1 saturated heterocycles. The molecule has 1 N–H and O–H groups in total. The first kappa shape index (κ1) is 25.2. The summed E-state index contributed by atoms with van der Waals surface area (Å²) in [5, 5.41) is 20.5. The van der Waals surface area contributed by atoms with Gasteiger partial charge < -0.3 is 19.8 Å². The highest BCUT2D eigenvalue weighted by molar-refractivity contribution is 7.84. The Morgan fingerprint density at radius 3 is 2.78 bits per heavy atom. The van der Waals surface area contributed by atoms with Gasteiger partial charge >= 0.3 is 6.09 Å². The summed E-state index contributed by atoms with van der Waals surface area (Å²) < 4.78 is 26.8. The van der Waals surface area contributed by atoms with Gasteiger partial charge in [0.05, 0.1) is 46.6 Å². The van der Waals surface area contributed by atoms with Crippen molar-refractivity contribution in [3.63, 3.8) is 0 Å². The Bertz CT molecular complexity index is 1460. The van der Waals surface area contributed by atoms with Crippen molar-refractivity contribution in [1.29, 1.82) is 5.26 Å². The van der Waals surface area contributed by atoms with Crippen LogP contribution < -0.4 is 9.80 Å². The van der Waals surface area contributed by atoms with Crippen LogP contribution in [0.2, 0.25) is 5.02 Å². The van der Waals surface area contributed by atoms with Crippen LogP contribution in [0, 0.1) is 17.1 Å². The van der Waals surface area contributed by atoms with Gasteiger partial charge in [-0.05, 0) is 23.9 Å². The molecule has 5 rings (SSSR count). The summed E-state index contributed by atoms with van der Waals surface area (Å²) in [6, 6.07) is 10.3. The molecule has 2 atom stereocenters. The number of amides is 1. The Balaban J connectivity index is 1.53. The molecule has 0 aliphatic carbocycles. The minimum atomic E-state index is -1.45. The predicted molar refractivity (Wildman–Crippen MR) is 139 cm³/mol. The topological polar surface area (TPSA) is 114 Å². The lowest BCUT2D eigenvalue weighted by Gasteiger charge is -2.41. The molecule has 1 fully saturated rings. The number of hydrogen-bond donors (Lipinski definition) is 1. The van der Waals surface area contributed by atoms with E-state index < -0.39 is 28.8 Å². The molecule has 1 amide bonds. The van der Waals surface area contributed by atoms with E-state index in [0.29, 0.717) is 49.5 Å². The Hall–Kier alpha value is -3.49. The number of aromatic nitrogens is 2. The van der Waals surface area contributed by atoms with E-state index in [4.69, 9.17) is 11.6 Å². The zero-order chi connectivity index (χ0) is 26.3. The average molecular weight is 543 g/mol. The number of piperazine rings is 1. The minimum absolute atomic E-state index is 0.0643. The van der Waals surface area contributed by atoms with Crippen molar-refractivity contribution in [1.82, 2.24) is 14.9 Å². The molecular formula is C25H24ClFN6O3S. The third kappa shape index (κ3) is 4.67. The molecule has 2 aliphatic heterocycles. The van der Waals surface area contributed by atoms with Gasteiger partial charge in [0.1, 0.15) is 11.6 Å². The van der Waals surface area contributed by atoms with Crippen molar-refractivity contribution in [2.24, 2.45) is 0 Å². The molecule has 192 valence electrons. The van der Waals surface area contributed by atoms with Crippen LogP contribution in [0.3, 0.4) is 0 Å². The maximum absolute atomic E-state index is 14.3. The van der Waals surface area contributed by atoms with E-state index in [9.17, 15) is 23.8 Å². The van der Waals surface area contributed by atoms with Gasteiger partial charge in [-0.15, -0.1) is 0 Å². The summed E-state index contributed by atoms with van der Waals surface area (Å²) in [6.07, 6.45) is 1.10. The summed E-state index contributed by atoms with van der Waals surface area (Å²) >= 11 is 6.37. The van der Waals surface area contributed by atoms with Crippen LogP contribution in [0.5, 0.6) is 0 Å². The number of carbonyl (C=O) groups is 1. The van der Waals surface area contributed by atoms with E-state index in [1.165, 1.54) is 17.2 Å². The number of halogens is 2. The number of rotatable bonds is 4. The number of fused-ring (bicyclic) bond motifs is 2. The quantitative estimate of drug-likeness (QED) is 0.495. The van der Waals surface area contributed by atoms with E-state index in [1.54, 1.807) is 6.07 Å². The molecule has 2 aliphatic rings. The maximum Gasteiger partial charge on any atom is 0.407 e. The highest BCUT2D eigenvalue weighted by Gasteiger charge is 2.34. The number of carboxylic acid groups (broad SMARTS) is 1. The molecule has 1 unspecified atom stereocenters. The van der Waals surface area contributed by atoms with Crippen LogP contribution in [-0.4, -0.2) is 68.8 Å². The van der Waals surface area contributed by atoms with Crippen molar-refractivity contribution in [3.8, 4) is 6.07 Å². The highest BCUT2D eigenvalue weighted by atomic mass is 35.5. The second-order valence-corrected chi connectivity index (χ2v) is 10.7. The summed E-state index contributed by atoms with van der Waals surface area (Å²) in [5.41, 5.74) is 2.40. The van der Waals surface area contributed by atoms with Crippen LogP contribution >= 0.6 is 11.6 Å². The molecule has 1 aromatic heterocycles. The summed E-state index contributed by atoms with van der Waals surface area (Å²) in [7, 11) is -1.45. The lowest BCUT2D eigenvalue weighted by molar-refractivity contribution is 0.119. The van der Waals surface area contributed by atoms with Crippen LogP contribution in [0.25, 0.3) is 10.8 Å². The lowest BCUT2D eigenvalue weighted by Crippen LogP contribution is -2.55. The first-order valence-electron chi connectivity index (χ1n) is 11.7. The van der Waals surface area contributed by atoms with E-state index >= 15 is 0 Å². The second kappa shape index (κ2) is 10.1. The fraction of sp³-hybridized carbons (Fsp3) is 0.360. The van der Waals surface area contributed by atoms with Crippen LogP contribution in [0.4, 0.5) is 20.7 Å². The fourth-order valence-corrected chi connectivity index (χ4v) is 5.84. The van der Waals surface area contributed by atoms with Crippen LogP contribution in [0.1, 0.15) is 17.7 Å². The largest absolute Gasteiger partial charge is 0.465 e. The average Bonchev–Trinajstić information content (AvgIpc) is 2.89. The molecule has 0 radical (unpaired) electrons. The van der Waals surface area contributed by atoms with Gasteiger partial charge in [-0.25, -0.2) is 19.2 Å². The van der Waals surface area contributed by atoms with Crippen molar-refractivity contribution < 1.29 is 18.5 Å². The molecule has 2 aromatic carbocycles. The van der Waals surface area contributed by atoms with Crippen molar-refractivity contribution in [2.45, 2.75) is 30.6 Å². The molecule has 9 nitrogen and oxygen atoms in total. The molecule has 0 spiro atoms. The zero-order valence-corrected chi connectivity index (χ0v) is 21.6. The third-order valence-corrected chi connectivity index (χ3v) is 7.95. The van der Waals surface area contributed by atoms with Gasteiger partial charge in [-0.2, -0.15) is 5.26 Å². The SMILES string of the molecule is CS(=O)c1nc2c(c(N3CCN(C(=O)O)[C@@H](CC#N)C3)n1)CCN(c1cccc3ccc(F)c(Cl)c13)C2. The molecule has 0 saturated carbocycles. The Morgan fingerprint density at radius 2 is 2.05 bits per heavy atom. The molecule has 0 bridgehead atoms. The summed E-state index contributed by atoms with van der Waals surface area (Å²) in [6.45, 7) is 1.92. The molecule has 3 aromatic rings. The predicted octanol–water partition coefficient (Wildman–Crippen LogP) is 3.80. The standard InChI is InChI=1S/C25H24ClFN6O3S/c1-37(36)24-29-19-14-31(20-4-2-3-15-5-6-18(27)22(26)21(15)20)10-8-17(19)23(30-24)32-11-12-33(25(34)35)16(13-32)7-9-28/h2-6,16H,7-8,10-14H2,1H3,(H,34,35)/t16-,37?/m0/s1. The maximum atomic E-state index is 14.3. The molecule has 3 heterocycles. The number of anilines is 2. The van der Waals surface area contributed by atoms with E-state index in [1.807, 2.05) is 23.1 Å². The fourth-order valence-electron chi connectivity index (χ4n) is 5.12. The highest BCUT2D eigenvalue weighted by Crippen LogP contribution is 2.38. The number of hydrogen-bond acceptors (Lipinski definition) is 7. The lowest BCUT2D eigenvalue weighted by atomic mass is 10.0. The van der Waals surface area contributed by atoms with Gasteiger partial charge in [0.25, 0.3) is 0 Å². The molecule has 37 heavy (non-hydrogen) atoms. The van der Waals surface area contributed by atoms with Crippen molar-refractivity contribution in [2.75, 3.05) is 42.2 Å². The Labute approximate surface area is 220 Å². The molecular weight excluding hydrogens is 519 g/mol. The monoisotopic (exact) mass is 542 g/mol. The molecule has 12 heteroatoms. The first-order valence-corrected chi connectivity index (χ1v) is 13.7. The van der Waals surface area contributed by atoms with Gasteiger partial charge in [-0.1, -0.05) is 29.8 Å². The van der Waals surface area contributed by atoms with Crippen LogP contribution in [-0.2, 0) is 23.8 Å². The van der Waals surface area contributed by atoms with Crippen molar-refractivity contribution >= 4 is 50.8 Å². The van der Waals surface area contributed by atoms with Crippen molar-refractivity contribution in [3.05, 3.63) is 52.4 Å². The van der Waals surface area contributed by atoms with E-state index in [2.05, 4.69) is 20.9 Å². The number of nitriles is 1. The second-order valence-electron chi connectivity index (χ2n) is 9.06. The first-order chi connectivity index (χ1) is 17.8. The van der Waals surface area contributed by atoms with Gasteiger partial charge in [0, 0.05) is 49.1 Å². The zero-order valence-electron chi connectivity index (χ0n) is 20.0. The third-order valence-electron chi connectivity index (χ3n) is 6.89. The summed E-state index contributed by atoms with van der Waals surface area (Å²) in [4.78, 5) is 26.2.